The molecule has 1 aliphatic carbocycles. The number of hydrogen-bond donors (Lipinski definition) is 4. The van der Waals surface area contributed by atoms with Crippen LogP contribution >= 0.6 is 0 Å². The van der Waals surface area contributed by atoms with Gasteiger partial charge in [0.1, 0.15) is 23.7 Å². The Morgan fingerprint density at radius 3 is 2.18 bits per heavy atom. The molecule has 7 heteroatoms. The van der Waals surface area contributed by atoms with Crippen molar-refractivity contribution < 1.29 is 14.6 Å². The average Bonchev–Trinajstić information content (AvgIpc) is 3.09. The number of nitrogens with zero attached hydrogens (tertiary/aromatic N) is 1. The molecule has 0 atom stereocenters. The van der Waals surface area contributed by atoms with Crippen LogP contribution in [0.5, 0.6) is 11.5 Å². The van der Waals surface area contributed by atoms with E-state index in [0.29, 0.717) is 30.9 Å². The minimum Gasteiger partial charge on any atom is -0.507 e. The van der Waals surface area contributed by atoms with E-state index in [0.717, 1.165) is 42.0 Å². The predicted octanol–water partition coefficient (Wildman–Crippen LogP) is 6.53. The summed E-state index contributed by atoms with van der Waals surface area (Å²) < 4.78 is 6.15. The van der Waals surface area contributed by atoms with Gasteiger partial charge in [0, 0.05) is 48.5 Å². The summed E-state index contributed by atoms with van der Waals surface area (Å²) in [4.78, 5) is 17.5. The van der Waals surface area contributed by atoms with E-state index in [4.69, 9.17) is 4.74 Å². The third-order valence-electron chi connectivity index (χ3n) is 8.55. The third kappa shape index (κ3) is 7.69. The first-order chi connectivity index (χ1) is 22.2. The maximum atomic E-state index is 13.4. The van der Waals surface area contributed by atoms with Crippen LogP contribution in [0, 0.1) is 0 Å². The SMILES string of the molecule is O=C(NCCNC1CCC(NC(c2ccccc2)c2ccccc2)CC1)c1c(O)cc2ccccc2c1OCc1cccnc1. The summed E-state index contributed by atoms with van der Waals surface area (Å²) >= 11 is 0. The van der Waals surface area contributed by atoms with Crippen LogP contribution in [-0.2, 0) is 6.61 Å². The Morgan fingerprint density at radius 1 is 0.822 bits per heavy atom. The van der Waals surface area contributed by atoms with E-state index in [1.165, 1.54) is 11.1 Å². The first kappa shape index (κ1) is 30.3. The molecule has 1 fully saturated rings. The summed E-state index contributed by atoms with van der Waals surface area (Å²) in [7, 11) is 0. The molecule has 1 amide bonds. The average molecular weight is 601 g/mol. The maximum absolute atomic E-state index is 13.4. The van der Waals surface area contributed by atoms with Crippen molar-refractivity contribution in [2.24, 2.45) is 0 Å². The highest BCUT2D eigenvalue weighted by atomic mass is 16.5. The molecule has 4 aromatic carbocycles. The lowest BCUT2D eigenvalue weighted by Crippen LogP contribution is -2.43. The number of carbonyl (C=O) groups is 1. The topological polar surface area (TPSA) is 95.5 Å². The Balaban J connectivity index is 1.02. The Hall–Kier alpha value is -4.72. The molecular formula is C38H40N4O3. The normalized spacial score (nSPS) is 16.5. The smallest absolute Gasteiger partial charge is 0.258 e. The maximum Gasteiger partial charge on any atom is 0.258 e. The van der Waals surface area contributed by atoms with Crippen molar-refractivity contribution in [3.63, 3.8) is 0 Å². The molecule has 1 saturated carbocycles. The van der Waals surface area contributed by atoms with E-state index in [1.807, 2.05) is 36.4 Å². The fourth-order valence-electron chi connectivity index (χ4n) is 6.22. The zero-order valence-electron chi connectivity index (χ0n) is 25.4. The third-order valence-corrected chi connectivity index (χ3v) is 8.55. The monoisotopic (exact) mass is 600 g/mol. The lowest BCUT2D eigenvalue weighted by molar-refractivity contribution is 0.0946. The van der Waals surface area contributed by atoms with Crippen LogP contribution in [0.1, 0.15) is 58.8 Å². The number of phenols is 1. The molecule has 7 nitrogen and oxygen atoms in total. The minimum atomic E-state index is -0.359. The molecule has 0 bridgehead atoms. The standard InChI is InChI=1S/C38H40N4O3/c43-34-24-30-15-7-8-16-33(30)37(45-26-27-10-9-21-39-25-27)35(34)38(44)41-23-22-40-31-17-19-32(20-18-31)42-36(28-11-3-1-4-12-28)29-13-5-2-6-14-29/h1-16,21,24-25,31-32,36,40,42-43H,17-20,22-23,26H2,(H,41,44). The second kappa shape index (κ2) is 14.8. The van der Waals surface area contributed by atoms with Crippen LogP contribution < -0.4 is 20.7 Å². The molecule has 230 valence electrons. The van der Waals surface area contributed by atoms with Gasteiger partial charge in [-0.15, -0.1) is 0 Å². The fourth-order valence-corrected chi connectivity index (χ4v) is 6.22. The van der Waals surface area contributed by atoms with E-state index < -0.39 is 0 Å². The van der Waals surface area contributed by atoms with E-state index in [9.17, 15) is 9.90 Å². The largest absolute Gasteiger partial charge is 0.507 e. The van der Waals surface area contributed by atoms with Crippen molar-refractivity contribution in [1.82, 2.24) is 20.9 Å². The Morgan fingerprint density at radius 2 is 1.49 bits per heavy atom. The highest BCUT2D eigenvalue weighted by molar-refractivity contribution is 6.06. The molecule has 0 spiro atoms. The van der Waals surface area contributed by atoms with Gasteiger partial charge in [-0.1, -0.05) is 91.0 Å². The van der Waals surface area contributed by atoms with Gasteiger partial charge in [0.05, 0.1) is 6.04 Å². The van der Waals surface area contributed by atoms with Crippen LogP contribution in [0.2, 0.25) is 0 Å². The number of ether oxygens (including phenoxy) is 1. The zero-order chi connectivity index (χ0) is 30.8. The number of aromatic nitrogens is 1. The second-order valence-electron chi connectivity index (χ2n) is 11.7. The number of rotatable bonds is 12. The van der Waals surface area contributed by atoms with Crippen LogP contribution in [0.25, 0.3) is 10.8 Å². The highest BCUT2D eigenvalue weighted by Crippen LogP contribution is 2.37. The summed E-state index contributed by atoms with van der Waals surface area (Å²) in [6, 6.07) is 35.3. The molecule has 0 saturated heterocycles. The number of aromatic hydroxyl groups is 1. The van der Waals surface area contributed by atoms with Crippen molar-refractivity contribution in [2.75, 3.05) is 13.1 Å². The molecule has 0 radical (unpaired) electrons. The van der Waals surface area contributed by atoms with Crippen LogP contribution in [-0.4, -0.2) is 41.2 Å². The summed E-state index contributed by atoms with van der Waals surface area (Å²) in [6.07, 6.45) is 7.74. The number of phenolic OH excluding ortho intramolecular Hbond substituents is 1. The first-order valence-corrected chi connectivity index (χ1v) is 15.8. The molecule has 4 N–H and O–H groups in total. The summed E-state index contributed by atoms with van der Waals surface area (Å²) in [6.45, 7) is 1.32. The fraction of sp³-hybridized carbons (Fsp3) is 0.263. The number of amides is 1. The molecule has 45 heavy (non-hydrogen) atoms. The summed E-state index contributed by atoms with van der Waals surface area (Å²) in [5.74, 6) is -0.0902. The molecule has 0 unspecified atom stereocenters. The van der Waals surface area contributed by atoms with Gasteiger partial charge in [0.15, 0.2) is 0 Å². The number of fused-ring (bicyclic) bond motifs is 1. The van der Waals surface area contributed by atoms with E-state index in [2.05, 4.69) is 81.6 Å². The molecule has 1 aliphatic rings. The van der Waals surface area contributed by atoms with Crippen molar-refractivity contribution >= 4 is 16.7 Å². The van der Waals surface area contributed by atoms with Gasteiger partial charge in [-0.05, 0) is 54.3 Å². The molecular weight excluding hydrogens is 560 g/mol. The number of hydrogen-bond acceptors (Lipinski definition) is 6. The van der Waals surface area contributed by atoms with Gasteiger partial charge in [0.2, 0.25) is 0 Å². The van der Waals surface area contributed by atoms with Gasteiger partial charge in [-0.25, -0.2) is 0 Å². The van der Waals surface area contributed by atoms with Crippen molar-refractivity contribution in [3.05, 3.63) is 138 Å². The van der Waals surface area contributed by atoms with Gasteiger partial charge in [-0.3, -0.25) is 9.78 Å². The lowest BCUT2D eigenvalue weighted by Gasteiger charge is -2.33. The summed E-state index contributed by atoms with van der Waals surface area (Å²) in [5.41, 5.74) is 3.59. The Bertz CT molecular complexity index is 1630. The second-order valence-corrected chi connectivity index (χ2v) is 11.7. The zero-order valence-corrected chi connectivity index (χ0v) is 25.4. The minimum absolute atomic E-state index is 0.101. The number of pyridine rings is 1. The van der Waals surface area contributed by atoms with Crippen molar-refractivity contribution in [3.8, 4) is 11.5 Å². The molecule has 6 rings (SSSR count). The van der Waals surface area contributed by atoms with E-state index in [1.54, 1.807) is 18.5 Å². The van der Waals surface area contributed by atoms with E-state index >= 15 is 0 Å². The van der Waals surface area contributed by atoms with Gasteiger partial charge >= 0.3 is 0 Å². The molecule has 1 aromatic heterocycles. The highest BCUT2D eigenvalue weighted by Gasteiger charge is 2.25. The van der Waals surface area contributed by atoms with Gasteiger partial charge in [0.25, 0.3) is 5.91 Å². The van der Waals surface area contributed by atoms with E-state index in [-0.39, 0.29) is 29.9 Å². The molecule has 5 aromatic rings. The van der Waals surface area contributed by atoms with Crippen LogP contribution in [0.3, 0.4) is 0 Å². The quantitative estimate of drug-likeness (QED) is 0.122. The van der Waals surface area contributed by atoms with Gasteiger partial charge in [-0.2, -0.15) is 0 Å². The first-order valence-electron chi connectivity index (χ1n) is 15.8. The van der Waals surface area contributed by atoms with Gasteiger partial charge < -0.3 is 25.8 Å². The van der Waals surface area contributed by atoms with Crippen LogP contribution in [0.15, 0.2) is 116 Å². The Kier molecular flexibility index (Phi) is 10.00. The Labute approximate surface area is 264 Å². The molecule has 0 aliphatic heterocycles. The lowest BCUT2D eigenvalue weighted by atomic mass is 9.89. The summed E-state index contributed by atoms with van der Waals surface area (Å²) in [5, 5.41) is 23.0. The van der Waals surface area contributed by atoms with Crippen molar-refractivity contribution in [1.29, 1.82) is 0 Å². The number of benzene rings is 4. The number of carbonyl (C=O) groups excluding carboxylic acids is 1. The predicted molar refractivity (Wildman–Crippen MR) is 178 cm³/mol. The van der Waals surface area contributed by atoms with Crippen molar-refractivity contribution in [2.45, 2.75) is 50.4 Å². The van der Waals surface area contributed by atoms with Crippen LogP contribution in [0.4, 0.5) is 0 Å². The number of nitrogens with one attached hydrogen (secondary N) is 3. The molecule has 1 heterocycles.